The minimum absolute atomic E-state index is 0.0288. The third-order valence-corrected chi connectivity index (χ3v) is 5.02. The molecule has 1 fully saturated rings. The van der Waals surface area contributed by atoms with Crippen LogP contribution in [-0.4, -0.2) is 45.7 Å². The molecule has 1 aliphatic rings. The van der Waals surface area contributed by atoms with Gasteiger partial charge in [-0.15, -0.1) is 0 Å². The van der Waals surface area contributed by atoms with Crippen molar-refractivity contribution in [2.24, 2.45) is 5.92 Å². The zero-order valence-electron chi connectivity index (χ0n) is 16.6. The second-order valence-corrected chi connectivity index (χ2v) is 6.86. The first kappa shape index (κ1) is 20.9. The topological polar surface area (TPSA) is 85.9 Å². The number of methoxy groups -OCH3 is 3. The van der Waals surface area contributed by atoms with Gasteiger partial charge in [0.2, 0.25) is 11.7 Å². The molecule has 0 unspecified atom stereocenters. The molecule has 7 nitrogen and oxygen atoms in total. The van der Waals surface area contributed by atoms with Crippen LogP contribution in [0.15, 0.2) is 12.1 Å². The summed E-state index contributed by atoms with van der Waals surface area (Å²) in [6, 6.07) is 3.41. The molecular weight excluding hydrogens is 348 g/mol. The van der Waals surface area contributed by atoms with Crippen LogP contribution >= 0.6 is 0 Å². The Labute approximate surface area is 160 Å². The lowest BCUT2D eigenvalue weighted by atomic mass is 9.86. The zero-order valence-corrected chi connectivity index (χ0v) is 16.6. The van der Waals surface area contributed by atoms with Gasteiger partial charge in [0.1, 0.15) is 0 Å². The van der Waals surface area contributed by atoms with Crippen molar-refractivity contribution in [2.75, 3.05) is 27.9 Å². The maximum absolute atomic E-state index is 12.4. The molecule has 2 atom stereocenters. The van der Waals surface area contributed by atoms with Crippen molar-refractivity contribution in [3.8, 4) is 17.2 Å². The summed E-state index contributed by atoms with van der Waals surface area (Å²) in [5.74, 6) is 1.43. The fourth-order valence-corrected chi connectivity index (χ4v) is 3.41. The van der Waals surface area contributed by atoms with Crippen molar-refractivity contribution in [1.29, 1.82) is 0 Å². The van der Waals surface area contributed by atoms with Gasteiger partial charge >= 0.3 is 0 Å². The number of benzene rings is 1. The van der Waals surface area contributed by atoms with Gasteiger partial charge in [0.05, 0.1) is 21.3 Å². The van der Waals surface area contributed by atoms with Crippen molar-refractivity contribution in [3.63, 3.8) is 0 Å². The van der Waals surface area contributed by atoms with Gasteiger partial charge in [-0.3, -0.25) is 9.59 Å². The van der Waals surface area contributed by atoms with Gasteiger partial charge in [0.25, 0.3) is 5.91 Å². The highest BCUT2D eigenvalue weighted by Gasteiger charge is 2.22. The SMILES string of the molecule is COc1cc(C(=O)NCCC(=O)N[C@@H]2CCCC[C@H]2C)cc(OC)c1OC. The quantitative estimate of drug-likeness (QED) is 0.726. The number of rotatable bonds is 8. The molecule has 0 bridgehead atoms. The lowest BCUT2D eigenvalue weighted by Gasteiger charge is -2.29. The molecule has 150 valence electrons. The second kappa shape index (κ2) is 10.0. The molecule has 1 aromatic carbocycles. The highest BCUT2D eigenvalue weighted by molar-refractivity contribution is 5.95. The van der Waals surface area contributed by atoms with E-state index in [-0.39, 0.29) is 30.8 Å². The van der Waals surface area contributed by atoms with E-state index in [9.17, 15) is 9.59 Å². The molecular formula is C20H30N2O5. The van der Waals surface area contributed by atoms with Gasteiger partial charge in [-0.1, -0.05) is 19.8 Å². The molecule has 0 radical (unpaired) electrons. The molecule has 0 aromatic heterocycles. The summed E-state index contributed by atoms with van der Waals surface area (Å²) in [4.78, 5) is 24.5. The van der Waals surface area contributed by atoms with Crippen LogP contribution in [0.3, 0.4) is 0 Å². The summed E-state index contributed by atoms with van der Waals surface area (Å²) < 4.78 is 15.8. The summed E-state index contributed by atoms with van der Waals surface area (Å²) in [6.07, 6.45) is 4.83. The first-order valence-electron chi connectivity index (χ1n) is 9.37. The molecule has 2 N–H and O–H groups in total. The van der Waals surface area contributed by atoms with E-state index in [1.165, 1.54) is 27.8 Å². The summed E-state index contributed by atoms with van der Waals surface area (Å²) in [5.41, 5.74) is 0.380. The van der Waals surface area contributed by atoms with Crippen LogP contribution in [0.25, 0.3) is 0 Å². The Morgan fingerprint density at radius 1 is 1.04 bits per heavy atom. The lowest BCUT2D eigenvalue weighted by molar-refractivity contribution is -0.122. The molecule has 27 heavy (non-hydrogen) atoms. The van der Waals surface area contributed by atoms with Crippen molar-refractivity contribution in [1.82, 2.24) is 10.6 Å². The number of ether oxygens (including phenoxy) is 3. The van der Waals surface area contributed by atoms with Crippen LogP contribution in [0, 0.1) is 5.92 Å². The van der Waals surface area contributed by atoms with Crippen LogP contribution in [0.2, 0.25) is 0 Å². The zero-order chi connectivity index (χ0) is 19.8. The predicted octanol–water partition coefficient (Wildman–Crippen LogP) is 2.53. The molecule has 0 saturated heterocycles. The summed E-state index contributed by atoms with van der Waals surface area (Å²) >= 11 is 0. The molecule has 1 aromatic rings. The molecule has 2 amide bonds. The Hall–Kier alpha value is -2.44. The lowest BCUT2D eigenvalue weighted by Crippen LogP contribution is -2.42. The van der Waals surface area contributed by atoms with E-state index in [0.29, 0.717) is 28.7 Å². The fourth-order valence-electron chi connectivity index (χ4n) is 3.41. The molecule has 0 aliphatic heterocycles. The third-order valence-electron chi connectivity index (χ3n) is 5.02. The van der Waals surface area contributed by atoms with E-state index in [0.717, 1.165) is 19.3 Å². The Bertz CT molecular complexity index is 637. The number of hydrogen-bond acceptors (Lipinski definition) is 5. The average Bonchev–Trinajstić information content (AvgIpc) is 2.68. The highest BCUT2D eigenvalue weighted by Crippen LogP contribution is 2.38. The smallest absolute Gasteiger partial charge is 0.251 e. The minimum atomic E-state index is -0.298. The van der Waals surface area contributed by atoms with Crippen LogP contribution in [0.1, 0.15) is 49.4 Å². The monoisotopic (exact) mass is 378 g/mol. The Kier molecular flexibility index (Phi) is 7.76. The normalized spacial score (nSPS) is 19.1. The summed E-state index contributed by atoms with van der Waals surface area (Å²) in [6.45, 7) is 2.44. The maximum atomic E-state index is 12.4. The van der Waals surface area contributed by atoms with Crippen molar-refractivity contribution >= 4 is 11.8 Å². The Balaban J connectivity index is 1.89. The van der Waals surface area contributed by atoms with Crippen molar-refractivity contribution in [2.45, 2.75) is 45.1 Å². The van der Waals surface area contributed by atoms with Crippen LogP contribution in [0.5, 0.6) is 17.2 Å². The summed E-state index contributed by atoms with van der Waals surface area (Å²) in [7, 11) is 4.50. The van der Waals surface area contributed by atoms with Crippen LogP contribution < -0.4 is 24.8 Å². The first-order valence-corrected chi connectivity index (χ1v) is 9.37. The number of carbonyl (C=O) groups is 2. The molecule has 2 rings (SSSR count). The number of carbonyl (C=O) groups excluding carboxylic acids is 2. The highest BCUT2D eigenvalue weighted by atomic mass is 16.5. The molecule has 0 spiro atoms. The fraction of sp³-hybridized carbons (Fsp3) is 0.600. The molecule has 1 saturated carbocycles. The molecule has 7 heteroatoms. The summed E-state index contributed by atoms with van der Waals surface area (Å²) in [5, 5.41) is 5.85. The van der Waals surface area contributed by atoms with Gasteiger partial charge in [0.15, 0.2) is 11.5 Å². The van der Waals surface area contributed by atoms with E-state index in [4.69, 9.17) is 14.2 Å². The van der Waals surface area contributed by atoms with E-state index in [2.05, 4.69) is 17.6 Å². The third kappa shape index (κ3) is 5.52. The number of nitrogens with one attached hydrogen (secondary N) is 2. The standard InChI is InChI=1S/C20H30N2O5/c1-13-7-5-6-8-15(13)22-18(23)9-10-21-20(24)14-11-16(25-2)19(27-4)17(12-14)26-3/h11-13,15H,5-10H2,1-4H3,(H,21,24)(H,22,23)/t13-,15-/m1/s1. The second-order valence-electron chi connectivity index (χ2n) is 6.86. The number of hydrogen-bond donors (Lipinski definition) is 2. The predicted molar refractivity (Wildman–Crippen MR) is 103 cm³/mol. The van der Waals surface area contributed by atoms with Crippen molar-refractivity contribution < 1.29 is 23.8 Å². The largest absolute Gasteiger partial charge is 0.493 e. The van der Waals surface area contributed by atoms with E-state index < -0.39 is 0 Å². The minimum Gasteiger partial charge on any atom is -0.493 e. The average molecular weight is 378 g/mol. The van der Waals surface area contributed by atoms with E-state index in [1.807, 2.05) is 0 Å². The van der Waals surface area contributed by atoms with E-state index >= 15 is 0 Å². The Morgan fingerprint density at radius 3 is 2.22 bits per heavy atom. The van der Waals surface area contributed by atoms with E-state index in [1.54, 1.807) is 12.1 Å². The first-order chi connectivity index (χ1) is 13.0. The van der Waals surface area contributed by atoms with Gasteiger partial charge in [-0.25, -0.2) is 0 Å². The van der Waals surface area contributed by atoms with Crippen LogP contribution in [-0.2, 0) is 4.79 Å². The van der Waals surface area contributed by atoms with Crippen LogP contribution in [0.4, 0.5) is 0 Å². The van der Waals surface area contributed by atoms with Gasteiger partial charge in [-0.05, 0) is 30.9 Å². The van der Waals surface area contributed by atoms with Gasteiger partial charge in [-0.2, -0.15) is 0 Å². The molecule has 1 aliphatic carbocycles. The van der Waals surface area contributed by atoms with Crippen molar-refractivity contribution in [3.05, 3.63) is 17.7 Å². The number of amides is 2. The van der Waals surface area contributed by atoms with Gasteiger partial charge in [0, 0.05) is 24.6 Å². The molecule has 0 heterocycles. The maximum Gasteiger partial charge on any atom is 0.251 e. The Morgan fingerprint density at radius 2 is 1.67 bits per heavy atom. The van der Waals surface area contributed by atoms with Gasteiger partial charge < -0.3 is 24.8 Å².